The molecule has 1 aliphatic rings. The first kappa shape index (κ1) is 15.9. The first-order chi connectivity index (χ1) is 12.8. The molecule has 0 spiro atoms. The zero-order chi connectivity index (χ0) is 17.8. The van der Waals surface area contributed by atoms with E-state index in [0.29, 0.717) is 23.7 Å². The van der Waals surface area contributed by atoms with E-state index in [1.54, 1.807) is 35.4 Å². The Morgan fingerprint density at radius 3 is 2.65 bits per heavy atom. The summed E-state index contributed by atoms with van der Waals surface area (Å²) < 4.78 is 10.6. The van der Waals surface area contributed by atoms with Crippen molar-refractivity contribution >= 4 is 11.7 Å². The molecular weight excluding hydrogens is 334 g/mol. The molecule has 1 aliphatic heterocycles. The second kappa shape index (κ2) is 7.14. The third-order valence-electron chi connectivity index (χ3n) is 3.95. The zero-order valence-corrected chi connectivity index (χ0v) is 13.8. The summed E-state index contributed by atoms with van der Waals surface area (Å²) in [5, 5.41) is 14.0. The molecular formula is C18H17N5O3. The number of ether oxygens (including phenoxy) is 2. The Hall–Kier alpha value is -3.55. The molecule has 1 atom stereocenters. The van der Waals surface area contributed by atoms with Crippen LogP contribution in [0, 0.1) is 0 Å². The van der Waals surface area contributed by atoms with E-state index >= 15 is 0 Å². The summed E-state index contributed by atoms with van der Waals surface area (Å²) in [6.45, 7) is 0.615. The molecule has 1 aromatic heterocycles. The van der Waals surface area contributed by atoms with Crippen LogP contribution in [-0.2, 0) is 6.54 Å². The minimum Gasteiger partial charge on any atom is -0.454 e. The van der Waals surface area contributed by atoms with Gasteiger partial charge in [0, 0.05) is 11.8 Å². The Labute approximate surface area is 149 Å². The van der Waals surface area contributed by atoms with Crippen LogP contribution in [0.15, 0.2) is 60.9 Å². The molecule has 0 aliphatic carbocycles. The van der Waals surface area contributed by atoms with Gasteiger partial charge in [0.2, 0.25) is 6.79 Å². The largest absolute Gasteiger partial charge is 0.454 e. The van der Waals surface area contributed by atoms with Crippen molar-refractivity contribution in [3.63, 3.8) is 0 Å². The summed E-state index contributed by atoms with van der Waals surface area (Å²) in [5.41, 5.74) is 1.58. The molecule has 0 radical (unpaired) electrons. The predicted molar refractivity (Wildman–Crippen MR) is 93.9 cm³/mol. The van der Waals surface area contributed by atoms with Gasteiger partial charge in [-0.1, -0.05) is 30.3 Å². The zero-order valence-electron chi connectivity index (χ0n) is 13.8. The van der Waals surface area contributed by atoms with E-state index in [0.717, 1.165) is 5.56 Å². The Balaban J connectivity index is 1.47. The number of hydrogen-bond acceptors (Lipinski definition) is 5. The summed E-state index contributed by atoms with van der Waals surface area (Å²) in [7, 11) is 0. The molecule has 4 rings (SSSR count). The molecule has 2 amide bonds. The maximum atomic E-state index is 12.5. The number of fused-ring (bicyclic) bond motifs is 1. The molecule has 26 heavy (non-hydrogen) atoms. The van der Waals surface area contributed by atoms with Crippen LogP contribution in [0.4, 0.5) is 10.5 Å². The number of nitrogens with one attached hydrogen (secondary N) is 2. The average molecular weight is 351 g/mol. The molecule has 1 unspecified atom stereocenters. The highest BCUT2D eigenvalue weighted by Gasteiger charge is 2.18. The average Bonchev–Trinajstić information content (AvgIpc) is 3.33. The SMILES string of the molecule is O=C(Nc1ccc2c(c1)OCO2)NC(Cn1nccn1)c1ccccc1. The first-order valence-electron chi connectivity index (χ1n) is 8.14. The van der Waals surface area contributed by atoms with Crippen LogP contribution in [0.1, 0.15) is 11.6 Å². The molecule has 2 heterocycles. The van der Waals surface area contributed by atoms with Gasteiger partial charge in [-0.25, -0.2) is 4.79 Å². The lowest BCUT2D eigenvalue weighted by atomic mass is 10.1. The van der Waals surface area contributed by atoms with Crippen LogP contribution >= 0.6 is 0 Å². The quantitative estimate of drug-likeness (QED) is 0.737. The number of urea groups is 1. The summed E-state index contributed by atoms with van der Waals surface area (Å²) in [5.74, 6) is 1.28. The van der Waals surface area contributed by atoms with Gasteiger partial charge in [-0.15, -0.1) is 0 Å². The van der Waals surface area contributed by atoms with E-state index < -0.39 is 0 Å². The smallest absolute Gasteiger partial charge is 0.319 e. The Bertz CT molecular complexity index is 883. The van der Waals surface area contributed by atoms with Gasteiger partial charge < -0.3 is 20.1 Å². The molecule has 2 aromatic carbocycles. The summed E-state index contributed by atoms with van der Waals surface area (Å²) in [6, 6.07) is 14.3. The van der Waals surface area contributed by atoms with Crippen LogP contribution in [0.3, 0.4) is 0 Å². The number of benzene rings is 2. The maximum Gasteiger partial charge on any atom is 0.319 e. The Morgan fingerprint density at radius 2 is 1.85 bits per heavy atom. The Kier molecular flexibility index (Phi) is 4.38. The van der Waals surface area contributed by atoms with Crippen molar-refractivity contribution in [2.45, 2.75) is 12.6 Å². The third-order valence-corrected chi connectivity index (χ3v) is 3.95. The van der Waals surface area contributed by atoms with Crippen molar-refractivity contribution in [1.82, 2.24) is 20.3 Å². The van der Waals surface area contributed by atoms with E-state index in [2.05, 4.69) is 20.8 Å². The number of carbonyl (C=O) groups is 1. The highest BCUT2D eigenvalue weighted by atomic mass is 16.7. The van der Waals surface area contributed by atoms with Crippen molar-refractivity contribution in [2.75, 3.05) is 12.1 Å². The van der Waals surface area contributed by atoms with Gasteiger partial charge in [0.25, 0.3) is 0 Å². The van der Waals surface area contributed by atoms with E-state index in [1.807, 2.05) is 30.3 Å². The van der Waals surface area contributed by atoms with Gasteiger partial charge in [0.1, 0.15) is 0 Å². The van der Waals surface area contributed by atoms with Crippen LogP contribution in [-0.4, -0.2) is 27.8 Å². The second-order valence-electron chi connectivity index (χ2n) is 5.71. The molecule has 0 bridgehead atoms. The molecule has 8 nitrogen and oxygen atoms in total. The number of aromatic nitrogens is 3. The van der Waals surface area contributed by atoms with Gasteiger partial charge in [0.15, 0.2) is 11.5 Å². The van der Waals surface area contributed by atoms with Crippen LogP contribution in [0.5, 0.6) is 11.5 Å². The third kappa shape index (κ3) is 3.59. The molecule has 8 heteroatoms. The first-order valence-corrected chi connectivity index (χ1v) is 8.14. The minimum absolute atomic E-state index is 0.192. The Morgan fingerprint density at radius 1 is 1.08 bits per heavy atom. The summed E-state index contributed by atoms with van der Waals surface area (Å²) in [4.78, 5) is 14.0. The number of amides is 2. The molecule has 0 saturated carbocycles. The van der Waals surface area contributed by atoms with Gasteiger partial charge in [-0.2, -0.15) is 15.0 Å². The van der Waals surface area contributed by atoms with E-state index in [9.17, 15) is 4.79 Å². The summed E-state index contributed by atoms with van der Waals surface area (Å²) >= 11 is 0. The lowest BCUT2D eigenvalue weighted by Crippen LogP contribution is -2.35. The lowest BCUT2D eigenvalue weighted by Gasteiger charge is -2.19. The topological polar surface area (TPSA) is 90.3 Å². The number of hydrogen-bond donors (Lipinski definition) is 2. The van der Waals surface area contributed by atoms with Gasteiger partial charge in [-0.3, -0.25) is 0 Å². The minimum atomic E-state index is -0.329. The van der Waals surface area contributed by atoms with E-state index in [-0.39, 0.29) is 18.9 Å². The lowest BCUT2D eigenvalue weighted by molar-refractivity contribution is 0.174. The number of rotatable bonds is 5. The molecule has 0 fully saturated rings. The molecule has 0 saturated heterocycles. The standard InChI is InChI=1S/C18H17N5O3/c24-18(21-14-6-7-16-17(10-14)26-12-25-16)22-15(11-23-19-8-9-20-23)13-4-2-1-3-5-13/h1-10,15H,11-12H2,(H2,21,22,24). The van der Waals surface area contributed by atoms with Crippen molar-refractivity contribution < 1.29 is 14.3 Å². The predicted octanol–water partition coefficient (Wildman–Crippen LogP) is 2.57. The fraction of sp³-hybridized carbons (Fsp3) is 0.167. The fourth-order valence-corrected chi connectivity index (χ4v) is 2.72. The molecule has 3 aromatic rings. The highest BCUT2D eigenvalue weighted by molar-refractivity contribution is 5.90. The van der Waals surface area contributed by atoms with Crippen LogP contribution in [0.2, 0.25) is 0 Å². The highest BCUT2D eigenvalue weighted by Crippen LogP contribution is 2.34. The number of anilines is 1. The van der Waals surface area contributed by atoms with Crippen molar-refractivity contribution in [3.05, 3.63) is 66.5 Å². The fourth-order valence-electron chi connectivity index (χ4n) is 2.72. The van der Waals surface area contributed by atoms with Gasteiger partial charge >= 0.3 is 6.03 Å². The van der Waals surface area contributed by atoms with Gasteiger partial charge in [-0.05, 0) is 17.7 Å². The van der Waals surface area contributed by atoms with Crippen LogP contribution < -0.4 is 20.1 Å². The normalized spacial score (nSPS) is 13.2. The van der Waals surface area contributed by atoms with Gasteiger partial charge in [0.05, 0.1) is 25.0 Å². The molecule has 2 N–H and O–H groups in total. The number of nitrogens with zero attached hydrogens (tertiary/aromatic N) is 3. The second-order valence-corrected chi connectivity index (χ2v) is 5.71. The van der Waals surface area contributed by atoms with Crippen molar-refractivity contribution in [1.29, 1.82) is 0 Å². The van der Waals surface area contributed by atoms with Crippen LogP contribution in [0.25, 0.3) is 0 Å². The van der Waals surface area contributed by atoms with E-state index in [4.69, 9.17) is 9.47 Å². The maximum absolute atomic E-state index is 12.5. The van der Waals surface area contributed by atoms with E-state index in [1.165, 1.54) is 0 Å². The van der Waals surface area contributed by atoms with Crippen molar-refractivity contribution in [3.8, 4) is 11.5 Å². The summed E-state index contributed by atoms with van der Waals surface area (Å²) in [6.07, 6.45) is 3.21. The molecule has 132 valence electrons. The monoisotopic (exact) mass is 351 g/mol. The number of carbonyl (C=O) groups excluding carboxylic acids is 1. The van der Waals surface area contributed by atoms with Crippen molar-refractivity contribution in [2.24, 2.45) is 0 Å².